The number of benzene rings is 2. The first-order valence-electron chi connectivity index (χ1n) is 19.0. The number of carbonyl (C=O) groups is 4. The average molecular weight is 789 g/mol. The van der Waals surface area contributed by atoms with Crippen molar-refractivity contribution in [2.24, 2.45) is 17.6 Å². The van der Waals surface area contributed by atoms with E-state index in [4.69, 9.17) is 31.5 Å². The minimum Gasteiger partial charge on any atom is -0.449 e. The van der Waals surface area contributed by atoms with Gasteiger partial charge in [0.25, 0.3) is 0 Å². The predicted molar refractivity (Wildman–Crippen MR) is 216 cm³/mol. The Bertz CT molecular complexity index is 1470. The average Bonchev–Trinajstić information content (AvgIpc) is 3.09. The van der Waals surface area contributed by atoms with E-state index in [-0.39, 0.29) is 36.9 Å². The molecule has 3 amide bonds. The molecule has 0 unspecified atom stereocenters. The summed E-state index contributed by atoms with van der Waals surface area (Å²) in [5.41, 5.74) is 5.75. The number of nitrogens with one attached hydrogen (secondary N) is 1. The topological polar surface area (TPSA) is 150 Å². The number of amides is 3. The summed E-state index contributed by atoms with van der Waals surface area (Å²) in [7, 11) is 0. The van der Waals surface area contributed by atoms with Gasteiger partial charge in [0.15, 0.2) is 0 Å². The fourth-order valence-corrected chi connectivity index (χ4v) is 6.14. The number of hydrogen-bond acceptors (Lipinski definition) is 9. The molecule has 0 aromatic heterocycles. The van der Waals surface area contributed by atoms with E-state index in [1.54, 1.807) is 9.80 Å². The molecule has 2 aliphatic heterocycles. The smallest absolute Gasteiger partial charge is 0.410 e. The van der Waals surface area contributed by atoms with Crippen LogP contribution in [-0.2, 0) is 32.2 Å². The highest BCUT2D eigenvalue weighted by molar-refractivity contribution is 6.61. The zero-order valence-electron chi connectivity index (χ0n) is 34.6. The molecular weight excluding hydrogens is 724 g/mol. The molecule has 12 nitrogen and oxygen atoms in total. The van der Waals surface area contributed by atoms with Crippen LogP contribution in [0.15, 0.2) is 60.7 Å². The van der Waals surface area contributed by atoms with Crippen LogP contribution < -0.4 is 11.1 Å². The molecule has 2 aliphatic rings. The van der Waals surface area contributed by atoms with Gasteiger partial charge in [0.1, 0.15) is 24.4 Å². The van der Waals surface area contributed by atoms with Gasteiger partial charge < -0.3 is 39.8 Å². The number of rotatable bonds is 7. The molecule has 0 spiro atoms. The molecule has 308 valence electrons. The molecule has 2 aromatic carbocycles. The van der Waals surface area contributed by atoms with Crippen molar-refractivity contribution in [2.75, 3.05) is 26.2 Å². The van der Waals surface area contributed by atoms with Crippen molar-refractivity contribution in [1.82, 2.24) is 15.1 Å². The minimum atomic E-state index is -0.770. The molecule has 0 saturated carbocycles. The molecule has 13 heteroatoms. The Labute approximate surface area is 333 Å². The second kappa shape index (κ2) is 21.3. The van der Waals surface area contributed by atoms with E-state index in [1.165, 1.54) is 0 Å². The number of alkyl carbamates (subject to hydrolysis) is 1. The van der Waals surface area contributed by atoms with Crippen LogP contribution in [0.1, 0.15) is 106 Å². The minimum absolute atomic E-state index is 0.153. The second-order valence-corrected chi connectivity index (χ2v) is 17.5. The number of nitrogens with two attached hydrogens (primary N) is 1. The standard InChI is InChI=1S/C21H32N2O4.C13H26N2O2.C8H7ClO2/c1-20(2,3)27-19(25)23-13-11-17(12-14-23)21(4,5)22-18(24)26-15-16-9-7-6-8-10-16;1-12(2,3)17-11(16)15-8-6-10(7-9-15)13(4,5)14;9-8(10)11-6-7-4-2-1-3-5-7/h6-10,17H,11-15H2,1-5H3,(H,22,24);10H,6-9,14H2,1-5H3;1-5H,6H2. The summed E-state index contributed by atoms with van der Waals surface area (Å²) in [6.45, 7) is 22.6. The van der Waals surface area contributed by atoms with Gasteiger partial charge >= 0.3 is 23.7 Å². The Balaban J connectivity index is 0.000000317. The summed E-state index contributed by atoms with van der Waals surface area (Å²) in [6, 6.07) is 19.0. The molecule has 0 bridgehead atoms. The number of likely N-dealkylation sites (tertiary alicyclic amines) is 2. The molecule has 2 aromatic rings. The lowest BCUT2D eigenvalue weighted by atomic mass is 9.80. The Kier molecular flexibility index (Phi) is 18.3. The second-order valence-electron chi connectivity index (χ2n) is 17.2. The van der Waals surface area contributed by atoms with Gasteiger partial charge in [-0.2, -0.15) is 0 Å². The third-order valence-corrected chi connectivity index (χ3v) is 9.31. The van der Waals surface area contributed by atoms with Gasteiger partial charge in [-0.3, -0.25) is 0 Å². The SMILES string of the molecule is CC(C)(C)OC(=O)N1CCC(C(C)(C)N)CC1.CC(C)(C)OC(=O)N1CCC(C(C)(C)NC(=O)OCc2ccccc2)CC1.O=C(Cl)OCc1ccccc1. The quantitative estimate of drug-likeness (QED) is 0.207. The van der Waals surface area contributed by atoms with E-state index >= 15 is 0 Å². The molecule has 2 saturated heterocycles. The highest BCUT2D eigenvalue weighted by atomic mass is 35.5. The van der Waals surface area contributed by atoms with E-state index in [0.717, 1.165) is 49.9 Å². The van der Waals surface area contributed by atoms with Gasteiger partial charge in [-0.05, 0) is 118 Å². The van der Waals surface area contributed by atoms with Gasteiger partial charge in [0.2, 0.25) is 0 Å². The van der Waals surface area contributed by atoms with Gasteiger partial charge in [0, 0.05) is 48.9 Å². The Morgan fingerprint density at radius 3 is 1.35 bits per heavy atom. The van der Waals surface area contributed by atoms with Crippen molar-refractivity contribution in [3.63, 3.8) is 0 Å². The molecule has 3 N–H and O–H groups in total. The maximum absolute atomic E-state index is 12.2. The van der Waals surface area contributed by atoms with Crippen molar-refractivity contribution < 1.29 is 38.1 Å². The van der Waals surface area contributed by atoms with Crippen LogP contribution >= 0.6 is 11.6 Å². The number of nitrogens with zero attached hydrogens (tertiary/aromatic N) is 2. The molecule has 0 radical (unpaired) electrons. The van der Waals surface area contributed by atoms with Crippen LogP contribution in [0.2, 0.25) is 0 Å². The summed E-state index contributed by atoms with van der Waals surface area (Å²) in [6.07, 6.45) is 2.65. The number of hydrogen-bond donors (Lipinski definition) is 2. The van der Waals surface area contributed by atoms with E-state index < -0.39 is 28.3 Å². The van der Waals surface area contributed by atoms with Crippen LogP contribution in [0.5, 0.6) is 0 Å². The van der Waals surface area contributed by atoms with Crippen molar-refractivity contribution in [2.45, 2.75) is 130 Å². The van der Waals surface area contributed by atoms with E-state index in [1.807, 2.05) is 116 Å². The summed E-state index contributed by atoms with van der Waals surface area (Å²) < 4.78 is 20.7. The molecule has 2 heterocycles. The Hall–Kier alpha value is -4.03. The summed E-state index contributed by atoms with van der Waals surface area (Å²) in [4.78, 5) is 49.9. The van der Waals surface area contributed by atoms with Gasteiger partial charge in [-0.25, -0.2) is 19.2 Å². The summed E-state index contributed by atoms with van der Waals surface area (Å²) >= 11 is 4.97. The predicted octanol–water partition coefficient (Wildman–Crippen LogP) is 9.27. The number of halogens is 1. The van der Waals surface area contributed by atoms with Crippen molar-refractivity contribution >= 4 is 35.3 Å². The number of piperidine rings is 2. The molecule has 0 atom stereocenters. The van der Waals surface area contributed by atoms with Crippen LogP contribution in [0.4, 0.5) is 19.2 Å². The molecular formula is C42H65ClN4O8. The highest BCUT2D eigenvalue weighted by Crippen LogP contribution is 2.29. The van der Waals surface area contributed by atoms with E-state index in [2.05, 4.69) is 23.9 Å². The third-order valence-electron chi connectivity index (χ3n) is 9.20. The summed E-state index contributed by atoms with van der Waals surface area (Å²) in [5.74, 6) is 0.752. The van der Waals surface area contributed by atoms with Crippen molar-refractivity contribution in [3.8, 4) is 0 Å². The lowest BCUT2D eigenvalue weighted by Crippen LogP contribution is -2.53. The Morgan fingerprint density at radius 2 is 1.00 bits per heavy atom. The largest absolute Gasteiger partial charge is 0.449 e. The third kappa shape index (κ3) is 19.4. The lowest BCUT2D eigenvalue weighted by molar-refractivity contribution is 0.0137. The molecule has 0 aliphatic carbocycles. The molecule has 2 fully saturated rings. The van der Waals surface area contributed by atoms with Gasteiger partial charge in [-0.15, -0.1) is 0 Å². The van der Waals surface area contributed by atoms with Gasteiger partial charge in [-0.1, -0.05) is 60.7 Å². The van der Waals surface area contributed by atoms with Gasteiger partial charge in [0.05, 0.1) is 0 Å². The van der Waals surface area contributed by atoms with Crippen LogP contribution in [0.25, 0.3) is 0 Å². The maximum atomic E-state index is 12.2. The van der Waals surface area contributed by atoms with Crippen molar-refractivity contribution in [3.05, 3.63) is 71.8 Å². The van der Waals surface area contributed by atoms with E-state index in [0.29, 0.717) is 19.0 Å². The first-order valence-corrected chi connectivity index (χ1v) is 19.4. The highest BCUT2D eigenvalue weighted by Gasteiger charge is 2.36. The monoisotopic (exact) mass is 788 g/mol. The fraction of sp³-hybridized carbons (Fsp3) is 0.619. The summed E-state index contributed by atoms with van der Waals surface area (Å²) in [5, 5.41) is 2.98. The lowest BCUT2D eigenvalue weighted by Gasteiger charge is -2.41. The van der Waals surface area contributed by atoms with Crippen LogP contribution in [0.3, 0.4) is 0 Å². The number of carbonyl (C=O) groups excluding carboxylic acids is 4. The molecule has 4 rings (SSSR count). The first kappa shape index (κ1) is 47.1. The van der Waals surface area contributed by atoms with Crippen molar-refractivity contribution in [1.29, 1.82) is 0 Å². The van der Waals surface area contributed by atoms with Crippen LogP contribution in [0, 0.1) is 11.8 Å². The van der Waals surface area contributed by atoms with Crippen LogP contribution in [-0.4, -0.2) is 82.0 Å². The first-order chi connectivity index (χ1) is 25.4. The molecule has 55 heavy (non-hydrogen) atoms. The van der Waals surface area contributed by atoms with E-state index in [9.17, 15) is 19.2 Å². The normalized spacial score (nSPS) is 15.6. The zero-order valence-corrected chi connectivity index (χ0v) is 35.4. The Morgan fingerprint density at radius 1 is 0.636 bits per heavy atom. The maximum Gasteiger partial charge on any atom is 0.410 e. The fourth-order valence-electron chi connectivity index (χ4n) is 6.08. The zero-order chi connectivity index (χ0) is 41.5. The number of ether oxygens (including phenoxy) is 4.